The fourth-order valence-electron chi connectivity index (χ4n) is 3.32. The number of amidine groups is 1. The summed E-state index contributed by atoms with van der Waals surface area (Å²) in [6.07, 6.45) is 1.80. The summed E-state index contributed by atoms with van der Waals surface area (Å²) in [4.78, 5) is 31.3. The first kappa shape index (κ1) is 24.9. The smallest absolute Gasteiger partial charge is 0.266 e. The molecule has 0 bridgehead atoms. The van der Waals surface area contributed by atoms with Gasteiger partial charge in [0.05, 0.1) is 21.7 Å². The molecule has 9 heteroatoms. The van der Waals surface area contributed by atoms with E-state index in [0.717, 1.165) is 22.4 Å². The lowest BCUT2D eigenvalue weighted by molar-refractivity contribution is -0.122. The van der Waals surface area contributed by atoms with Crippen LogP contribution in [0, 0.1) is 13.8 Å². The Morgan fingerprint density at radius 3 is 2.52 bits per heavy atom. The maximum Gasteiger partial charge on any atom is 0.266 e. The van der Waals surface area contributed by atoms with E-state index >= 15 is 0 Å². The summed E-state index contributed by atoms with van der Waals surface area (Å²) >= 11 is 4.81. The number of nitrogens with two attached hydrogens (primary N) is 1. The molecule has 1 aliphatic heterocycles. The van der Waals surface area contributed by atoms with Crippen molar-refractivity contribution in [1.29, 1.82) is 0 Å². The lowest BCUT2D eigenvalue weighted by Gasteiger charge is -2.14. The van der Waals surface area contributed by atoms with Gasteiger partial charge in [-0.2, -0.15) is 0 Å². The Labute approximate surface area is 206 Å². The van der Waals surface area contributed by atoms with Gasteiger partial charge in [0.1, 0.15) is 0 Å². The number of ether oxygens (including phenoxy) is 2. The topological polar surface area (TPSA) is 94.2 Å². The maximum atomic E-state index is 13.1. The molecule has 0 saturated carbocycles. The van der Waals surface area contributed by atoms with Gasteiger partial charge in [-0.25, -0.2) is 4.99 Å². The Morgan fingerprint density at radius 2 is 1.91 bits per heavy atom. The molecule has 2 aromatic rings. The summed E-state index contributed by atoms with van der Waals surface area (Å²) in [6, 6.07) is 9.58. The monoisotopic (exact) mass is 531 g/mol. The number of nitrogens with zero attached hydrogens (tertiary/aromatic N) is 2. The number of rotatable bonds is 8. The first-order valence-electron chi connectivity index (χ1n) is 10.5. The zero-order valence-corrected chi connectivity index (χ0v) is 21.4. The molecule has 0 aliphatic carbocycles. The van der Waals surface area contributed by atoms with Gasteiger partial charge in [0, 0.05) is 6.54 Å². The number of carbonyl (C=O) groups is 2. The molecule has 0 atom stereocenters. The van der Waals surface area contributed by atoms with E-state index in [1.807, 2.05) is 45.9 Å². The average molecular weight is 532 g/mol. The Balaban J connectivity index is 1.98. The summed E-state index contributed by atoms with van der Waals surface area (Å²) in [5, 5.41) is 0.650. The van der Waals surface area contributed by atoms with Crippen LogP contribution in [0.4, 0.5) is 5.69 Å². The quantitative estimate of drug-likeness (QED) is 0.486. The number of aliphatic imine (C=N–C) groups is 1. The number of aryl methyl sites for hydroxylation is 2. The molecule has 7 nitrogen and oxygen atoms in total. The Morgan fingerprint density at radius 1 is 1.21 bits per heavy atom. The number of likely N-dealkylation sites (N-methyl/N-ethyl adjacent to an activating group) is 1. The molecule has 1 saturated heterocycles. The van der Waals surface area contributed by atoms with E-state index in [4.69, 9.17) is 20.2 Å². The van der Waals surface area contributed by atoms with Crippen LogP contribution in [-0.4, -0.2) is 41.6 Å². The highest BCUT2D eigenvalue weighted by Gasteiger charge is 2.32. The van der Waals surface area contributed by atoms with Gasteiger partial charge in [-0.05, 0) is 90.3 Å². The molecule has 1 aliphatic rings. The third-order valence-corrected chi connectivity index (χ3v) is 6.44. The van der Waals surface area contributed by atoms with E-state index in [2.05, 4.69) is 15.9 Å². The zero-order chi connectivity index (χ0) is 24.1. The molecule has 33 heavy (non-hydrogen) atoms. The zero-order valence-electron chi connectivity index (χ0n) is 19.0. The minimum atomic E-state index is -0.584. The number of thioether (sulfide) groups is 1. The van der Waals surface area contributed by atoms with E-state index in [1.54, 1.807) is 23.1 Å². The van der Waals surface area contributed by atoms with Crippen LogP contribution in [0.1, 0.15) is 30.5 Å². The second-order valence-corrected chi connectivity index (χ2v) is 9.18. The maximum absolute atomic E-state index is 13.1. The second kappa shape index (κ2) is 10.9. The lowest BCUT2D eigenvalue weighted by atomic mass is 10.1. The van der Waals surface area contributed by atoms with Crippen molar-refractivity contribution in [2.75, 3.05) is 19.8 Å². The molecule has 2 amide bonds. The van der Waals surface area contributed by atoms with E-state index < -0.39 is 5.91 Å². The number of halogens is 1. The van der Waals surface area contributed by atoms with Gasteiger partial charge in [0.25, 0.3) is 11.8 Å². The fourth-order valence-corrected chi connectivity index (χ4v) is 4.94. The first-order valence-corrected chi connectivity index (χ1v) is 12.1. The van der Waals surface area contributed by atoms with Crippen LogP contribution in [0.25, 0.3) is 6.08 Å². The van der Waals surface area contributed by atoms with Crippen LogP contribution in [0.5, 0.6) is 11.5 Å². The predicted octanol–water partition coefficient (Wildman–Crippen LogP) is 4.95. The Hall–Kier alpha value is -2.78. The van der Waals surface area contributed by atoms with Crippen molar-refractivity contribution < 1.29 is 19.1 Å². The molecular formula is C24H26BrN3O4S. The van der Waals surface area contributed by atoms with Gasteiger partial charge in [0.2, 0.25) is 0 Å². The van der Waals surface area contributed by atoms with Crippen molar-refractivity contribution in [2.45, 2.75) is 27.7 Å². The number of primary amides is 1. The molecule has 3 rings (SSSR count). The molecule has 0 unspecified atom stereocenters. The summed E-state index contributed by atoms with van der Waals surface area (Å²) in [5.74, 6) is 0.150. The van der Waals surface area contributed by atoms with Crippen molar-refractivity contribution in [3.63, 3.8) is 0 Å². The highest BCUT2D eigenvalue weighted by Crippen LogP contribution is 2.40. The second-order valence-electron chi connectivity index (χ2n) is 7.31. The SMILES string of the molecule is CCOc1cc(/C=C2/SC(=Nc3c(C)cccc3C)N(CC)C2=O)cc(Br)c1OCC(N)=O. The number of hydrogen-bond acceptors (Lipinski definition) is 6. The molecule has 2 N–H and O–H groups in total. The summed E-state index contributed by atoms with van der Waals surface area (Å²) in [6.45, 7) is 8.45. The Kier molecular flexibility index (Phi) is 8.20. The lowest BCUT2D eigenvalue weighted by Crippen LogP contribution is -2.28. The average Bonchev–Trinajstić information content (AvgIpc) is 3.04. The number of amides is 2. The predicted molar refractivity (Wildman–Crippen MR) is 136 cm³/mol. The summed E-state index contributed by atoms with van der Waals surface area (Å²) < 4.78 is 11.8. The molecule has 1 fully saturated rings. The van der Waals surface area contributed by atoms with Crippen molar-refractivity contribution in [2.24, 2.45) is 10.7 Å². The van der Waals surface area contributed by atoms with E-state index in [9.17, 15) is 9.59 Å². The van der Waals surface area contributed by atoms with Gasteiger partial charge in [-0.1, -0.05) is 18.2 Å². The minimum Gasteiger partial charge on any atom is -0.490 e. The van der Waals surface area contributed by atoms with E-state index in [0.29, 0.717) is 39.2 Å². The highest BCUT2D eigenvalue weighted by atomic mass is 79.9. The van der Waals surface area contributed by atoms with Crippen LogP contribution in [0.3, 0.4) is 0 Å². The molecule has 0 aromatic heterocycles. The summed E-state index contributed by atoms with van der Waals surface area (Å²) in [7, 11) is 0. The van der Waals surface area contributed by atoms with Gasteiger partial charge in [0.15, 0.2) is 23.3 Å². The van der Waals surface area contributed by atoms with Crippen molar-refractivity contribution in [3.8, 4) is 11.5 Å². The summed E-state index contributed by atoms with van der Waals surface area (Å²) in [5.41, 5.74) is 8.94. The number of para-hydroxylation sites is 1. The molecule has 2 aromatic carbocycles. The van der Waals surface area contributed by atoms with Crippen LogP contribution < -0.4 is 15.2 Å². The van der Waals surface area contributed by atoms with Gasteiger partial charge in [-0.3, -0.25) is 14.5 Å². The van der Waals surface area contributed by atoms with Crippen LogP contribution in [0.15, 0.2) is 44.7 Å². The molecule has 0 spiro atoms. The van der Waals surface area contributed by atoms with Gasteiger partial charge >= 0.3 is 0 Å². The largest absolute Gasteiger partial charge is 0.490 e. The number of hydrogen-bond donors (Lipinski definition) is 1. The van der Waals surface area contributed by atoms with Crippen LogP contribution >= 0.6 is 27.7 Å². The van der Waals surface area contributed by atoms with Crippen molar-refractivity contribution in [3.05, 3.63) is 56.4 Å². The van der Waals surface area contributed by atoms with Gasteiger partial charge in [-0.15, -0.1) is 0 Å². The van der Waals surface area contributed by atoms with Crippen molar-refractivity contribution in [1.82, 2.24) is 4.90 Å². The molecule has 1 heterocycles. The van der Waals surface area contributed by atoms with E-state index in [-0.39, 0.29) is 12.5 Å². The normalized spacial score (nSPS) is 16.0. The third kappa shape index (κ3) is 5.78. The Bertz CT molecular complexity index is 1130. The number of benzene rings is 2. The highest BCUT2D eigenvalue weighted by molar-refractivity contribution is 9.10. The molecule has 0 radical (unpaired) electrons. The fraction of sp³-hybridized carbons (Fsp3) is 0.292. The van der Waals surface area contributed by atoms with E-state index in [1.165, 1.54) is 11.8 Å². The minimum absolute atomic E-state index is 0.101. The van der Waals surface area contributed by atoms with Crippen molar-refractivity contribution >= 4 is 56.4 Å². The van der Waals surface area contributed by atoms with Gasteiger partial charge < -0.3 is 15.2 Å². The third-order valence-electron chi connectivity index (χ3n) is 4.84. The van der Waals surface area contributed by atoms with Crippen LogP contribution in [-0.2, 0) is 9.59 Å². The number of carbonyl (C=O) groups excluding carboxylic acids is 2. The molecule has 174 valence electrons. The van der Waals surface area contributed by atoms with Crippen LogP contribution in [0.2, 0.25) is 0 Å². The first-order chi connectivity index (χ1) is 15.7. The molecular weight excluding hydrogens is 506 g/mol. The standard InChI is InChI=1S/C24H26BrN3O4S/c1-5-28-23(30)19(33-24(28)27-21-14(3)8-7-9-15(21)4)12-16-10-17(25)22(32-13-20(26)29)18(11-16)31-6-2/h7-12H,5-6,13H2,1-4H3,(H2,26,29)/b19-12+,27-24?.